The third kappa shape index (κ3) is 5.33. The molecule has 0 aromatic heterocycles. The molecule has 3 saturated carbocycles. The van der Waals surface area contributed by atoms with Gasteiger partial charge in [0.15, 0.2) is 0 Å². The Balaban J connectivity index is 1.23. The van der Waals surface area contributed by atoms with Gasteiger partial charge in [0.1, 0.15) is 6.10 Å². The Bertz CT molecular complexity index is 1170. The fourth-order valence-corrected chi connectivity index (χ4v) is 9.84. The lowest BCUT2D eigenvalue weighted by molar-refractivity contribution is -0.144. The lowest BCUT2D eigenvalue weighted by Crippen LogP contribution is -2.51. The summed E-state index contributed by atoms with van der Waals surface area (Å²) in [5, 5.41) is 9.05. The molecule has 4 aliphatic carbocycles. The standard InChI is InChI=1S/C37H51NO2/c1-24(2)8-7-9-25(3)32-16-17-33-31-15-14-29-22-30(18-20-36(29,5)34(31)19-21-37(32,33)6)40-35(39)26(4)28-12-10-27(23-38)11-13-28/h10-14,24-25,30-34H,4,7-9,15-22H2,1-3,5-6H3/t25-,30+,31+,32-,33+,34+,36+,37-/m1/s1. The Kier molecular flexibility index (Phi) is 8.39. The van der Waals surface area contributed by atoms with Gasteiger partial charge in [0.05, 0.1) is 17.2 Å². The quantitative estimate of drug-likeness (QED) is 0.187. The molecule has 0 amide bonds. The fraction of sp³-hybridized carbons (Fsp3) is 0.676. The van der Waals surface area contributed by atoms with Gasteiger partial charge >= 0.3 is 5.97 Å². The van der Waals surface area contributed by atoms with Gasteiger partial charge in [-0.1, -0.05) is 84.2 Å². The molecule has 0 saturated heterocycles. The van der Waals surface area contributed by atoms with E-state index in [1.807, 2.05) is 0 Å². The molecule has 3 nitrogen and oxygen atoms in total. The smallest absolute Gasteiger partial charge is 0.338 e. The van der Waals surface area contributed by atoms with E-state index in [-0.39, 0.29) is 17.5 Å². The van der Waals surface area contributed by atoms with Crippen LogP contribution >= 0.6 is 0 Å². The number of hydrogen-bond acceptors (Lipinski definition) is 3. The molecule has 1 aromatic carbocycles. The number of allylic oxidation sites excluding steroid dienone is 1. The lowest BCUT2D eigenvalue weighted by Gasteiger charge is -2.58. The minimum atomic E-state index is -0.333. The van der Waals surface area contributed by atoms with Gasteiger partial charge in [0, 0.05) is 6.42 Å². The molecule has 0 unspecified atom stereocenters. The van der Waals surface area contributed by atoms with Crippen LogP contribution in [0.25, 0.3) is 5.57 Å². The first kappa shape index (κ1) is 29.2. The molecule has 0 bridgehead atoms. The average Bonchev–Trinajstić information content (AvgIpc) is 3.30. The molecule has 3 heteroatoms. The van der Waals surface area contributed by atoms with Gasteiger partial charge in [-0.2, -0.15) is 5.26 Å². The van der Waals surface area contributed by atoms with Crippen LogP contribution in [0.5, 0.6) is 0 Å². The van der Waals surface area contributed by atoms with Crippen molar-refractivity contribution in [1.82, 2.24) is 0 Å². The van der Waals surface area contributed by atoms with Crippen LogP contribution in [0.1, 0.15) is 116 Å². The summed E-state index contributed by atoms with van der Waals surface area (Å²) in [7, 11) is 0. The van der Waals surface area contributed by atoms with Crippen molar-refractivity contribution in [3.8, 4) is 6.07 Å². The van der Waals surface area contributed by atoms with Gasteiger partial charge in [-0.05, 0) is 109 Å². The number of nitrogens with zero attached hydrogens (tertiary/aromatic N) is 1. The molecule has 3 fully saturated rings. The fourth-order valence-electron chi connectivity index (χ4n) is 9.84. The molecule has 5 rings (SSSR count). The predicted molar refractivity (Wildman–Crippen MR) is 163 cm³/mol. The van der Waals surface area contributed by atoms with E-state index >= 15 is 0 Å². The maximum Gasteiger partial charge on any atom is 0.338 e. The van der Waals surface area contributed by atoms with Crippen molar-refractivity contribution < 1.29 is 9.53 Å². The second-order valence-corrected chi connectivity index (χ2v) is 14.7. The Morgan fingerprint density at radius 3 is 2.50 bits per heavy atom. The third-order valence-corrected chi connectivity index (χ3v) is 12.1. The molecule has 40 heavy (non-hydrogen) atoms. The minimum Gasteiger partial charge on any atom is -0.458 e. The SMILES string of the molecule is C=C(C(=O)O[C@H]1CC[C@@]2(C)C(=CC[C@H]3[C@@H]4CC[C@H]([C@H](C)CCCC(C)C)[C@@]4(C)CC[C@@H]32)C1)c1ccc(C#N)cc1. The second-order valence-electron chi connectivity index (χ2n) is 14.7. The van der Waals surface area contributed by atoms with Gasteiger partial charge in [0.25, 0.3) is 0 Å². The summed E-state index contributed by atoms with van der Waals surface area (Å²) in [6.07, 6.45) is 16.4. The number of hydrogen-bond donors (Lipinski definition) is 0. The Morgan fingerprint density at radius 1 is 1.05 bits per heavy atom. The number of ether oxygens (including phenoxy) is 1. The second kappa shape index (κ2) is 11.5. The summed E-state index contributed by atoms with van der Waals surface area (Å²) in [6.45, 7) is 16.5. The number of rotatable bonds is 8. The van der Waals surface area contributed by atoms with E-state index in [9.17, 15) is 4.79 Å². The van der Waals surface area contributed by atoms with Crippen molar-refractivity contribution in [1.29, 1.82) is 5.26 Å². The van der Waals surface area contributed by atoms with Gasteiger partial charge in [-0.3, -0.25) is 0 Å². The normalized spacial score (nSPS) is 35.5. The summed E-state index contributed by atoms with van der Waals surface area (Å²) in [5.41, 5.74) is 3.97. The third-order valence-electron chi connectivity index (χ3n) is 12.1. The van der Waals surface area contributed by atoms with E-state index in [1.165, 1.54) is 51.4 Å². The maximum absolute atomic E-state index is 13.0. The molecule has 0 heterocycles. The van der Waals surface area contributed by atoms with Crippen LogP contribution < -0.4 is 0 Å². The van der Waals surface area contributed by atoms with Crippen LogP contribution in [-0.2, 0) is 9.53 Å². The number of carbonyl (C=O) groups excluding carboxylic acids is 1. The van der Waals surface area contributed by atoms with Crippen molar-refractivity contribution in [2.45, 2.75) is 111 Å². The van der Waals surface area contributed by atoms with Gasteiger partial charge in [0.2, 0.25) is 0 Å². The zero-order valence-corrected chi connectivity index (χ0v) is 25.7. The molecular formula is C37H51NO2. The average molecular weight is 542 g/mol. The Morgan fingerprint density at radius 2 is 1.80 bits per heavy atom. The predicted octanol–water partition coefficient (Wildman–Crippen LogP) is 9.52. The summed E-state index contributed by atoms with van der Waals surface area (Å²) < 4.78 is 6.02. The number of nitriles is 1. The highest BCUT2D eigenvalue weighted by molar-refractivity contribution is 6.15. The highest BCUT2D eigenvalue weighted by Gasteiger charge is 2.59. The van der Waals surface area contributed by atoms with Crippen molar-refractivity contribution in [2.24, 2.45) is 46.3 Å². The van der Waals surface area contributed by atoms with Crippen LogP contribution in [-0.4, -0.2) is 12.1 Å². The first-order valence-electron chi connectivity index (χ1n) is 16.2. The van der Waals surface area contributed by atoms with E-state index in [0.29, 0.717) is 16.6 Å². The molecule has 4 aliphatic rings. The first-order chi connectivity index (χ1) is 19.1. The summed E-state index contributed by atoms with van der Waals surface area (Å²) in [5.74, 6) is 4.67. The number of benzene rings is 1. The van der Waals surface area contributed by atoms with Crippen molar-refractivity contribution in [3.63, 3.8) is 0 Å². The van der Waals surface area contributed by atoms with E-state index in [1.54, 1.807) is 29.8 Å². The molecule has 0 aliphatic heterocycles. The number of carbonyl (C=O) groups is 1. The van der Waals surface area contributed by atoms with E-state index in [0.717, 1.165) is 60.3 Å². The van der Waals surface area contributed by atoms with Crippen molar-refractivity contribution in [2.75, 3.05) is 0 Å². The van der Waals surface area contributed by atoms with Crippen LogP contribution in [0.15, 0.2) is 42.5 Å². The van der Waals surface area contributed by atoms with Gasteiger partial charge < -0.3 is 4.74 Å². The molecule has 0 spiro atoms. The van der Waals surface area contributed by atoms with Gasteiger partial charge in [-0.15, -0.1) is 0 Å². The zero-order chi connectivity index (χ0) is 28.7. The summed E-state index contributed by atoms with van der Waals surface area (Å²) >= 11 is 0. The largest absolute Gasteiger partial charge is 0.458 e. The Labute approximate surface area is 243 Å². The highest BCUT2D eigenvalue weighted by atomic mass is 16.5. The molecule has 8 atom stereocenters. The van der Waals surface area contributed by atoms with E-state index in [4.69, 9.17) is 10.00 Å². The van der Waals surface area contributed by atoms with Crippen LogP contribution in [0.2, 0.25) is 0 Å². The van der Waals surface area contributed by atoms with Crippen LogP contribution in [0.3, 0.4) is 0 Å². The zero-order valence-electron chi connectivity index (χ0n) is 25.7. The topological polar surface area (TPSA) is 50.1 Å². The summed E-state index contributed by atoms with van der Waals surface area (Å²) in [4.78, 5) is 13.0. The van der Waals surface area contributed by atoms with Crippen LogP contribution in [0, 0.1) is 57.7 Å². The van der Waals surface area contributed by atoms with Crippen molar-refractivity contribution in [3.05, 3.63) is 53.6 Å². The number of esters is 1. The van der Waals surface area contributed by atoms with E-state index in [2.05, 4.69) is 53.3 Å². The maximum atomic E-state index is 13.0. The molecule has 0 N–H and O–H groups in total. The summed E-state index contributed by atoms with van der Waals surface area (Å²) in [6, 6.07) is 9.12. The molecule has 216 valence electrons. The number of fused-ring (bicyclic) bond motifs is 5. The highest BCUT2D eigenvalue weighted by Crippen LogP contribution is 2.67. The monoisotopic (exact) mass is 541 g/mol. The lowest BCUT2D eigenvalue weighted by atomic mass is 9.47. The van der Waals surface area contributed by atoms with E-state index < -0.39 is 0 Å². The molecule has 0 radical (unpaired) electrons. The molecular weight excluding hydrogens is 490 g/mol. The van der Waals surface area contributed by atoms with Crippen LogP contribution in [0.4, 0.5) is 0 Å². The van der Waals surface area contributed by atoms with Crippen molar-refractivity contribution >= 4 is 11.5 Å². The first-order valence-corrected chi connectivity index (χ1v) is 16.2. The Hall–Kier alpha value is -2.34. The molecule has 1 aromatic rings. The van der Waals surface area contributed by atoms with Gasteiger partial charge in [-0.25, -0.2) is 4.79 Å². The minimum absolute atomic E-state index is 0.0742.